The van der Waals surface area contributed by atoms with Gasteiger partial charge in [0.2, 0.25) is 0 Å². The predicted octanol–water partition coefficient (Wildman–Crippen LogP) is 0.769. The first-order chi connectivity index (χ1) is 8.36. The van der Waals surface area contributed by atoms with Crippen molar-refractivity contribution in [3.63, 3.8) is 0 Å². The molecule has 0 saturated heterocycles. The quantitative estimate of drug-likeness (QED) is 0.820. The lowest BCUT2D eigenvalue weighted by molar-refractivity contribution is 0.0697. The van der Waals surface area contributed by atoms with Gasteiger partial charge in [0, 0.05) is 19.0 Å². The van der Waals surface area contributed by atoms with E-state index >= 15 is 0 Å². The smallest absolute Gasteiger partial charge is 0.339 e. The summed E-state index contributed by atoms with van der Waals surface area (Å²) in [5.74, 6) is -0.880. The average molecular weight is 270 g/mol. The third-order valence-electron chi connectivity index (χ3n) is 3.21. The van der Waals surface area contributed by atoms with Gasteiger partial charge < -0.3 is 10.4 Å². The number of anilines is 1. The number of hydrogen-bond donors (Lipinski definition) is 2. The fourth-order valence-corrected chi connectivity index (χ4v) is 2.96. The molecule has 1 aromatic rings. The number of nitrogens with zero attached hydrogens (tertiary/aromatic N) is 1. The summed E-state index contributed by atoms with van der Waals surface area (Å²) in [5.41, 5.74) is 0.0433. The second-order valence-electron chi connectivity index (χ2n) is 4.51. The second kappa shape index (κ2) is 4.24. The molecule has 0 aliphatic heterocycles. The summed E-state index contributed by atoms with van der Waals surface area (Å²) >= 11 is 0. The van der Waals surface area contributed by atoms with Crippen molar-refractivity contribution in [2.24, 2.45) is 0 Å². The normalized spacial score (nSPS) is 17.2. The summed E-state index contributed by atoms with van der Waals surface area (Å²) in [6, 6.07) is 2.95. The van der Waals surface area contributed by atoms with Gasteiger partial charge in [0.05, 0.1) is 4.75 Å². The Balaban J connectivity index is 2.15. The summed E-state index contributed by atoms with van der Waals surface area (Å²) in [6.45, 7) is 0.198. The molecule has 6 nitrogen and oxygen atoms in total. The fraction of sp³-hybridized carbons (Fsp3) is 0.455. The van der Waals surface area contributed by atoms with Crippen molar-refractivity contribution in [2.75, 3.05) is 18.1 Å². The minimum atomic E-state index is -3.13. The summed E-state index contributed by atoms with van der Waals surface area (Å²) in [6.07, 6.45) is 3.88. The molecular formula is C11H14N2O4S. The Bertz CT molecular complexity index is 578. The zero-order valence-corrected chi connectivity index (χ0v) is 10.7. The van der Waals surface area contributed by atoms with Crippen molar-refractivity contribution in [2.45, 2.75) is 17.6 Å². The number of hydrogen-bond acceptors (Lipinski definition) is 5. The summed E-state index contributed by atoms with van der Waals surface area (Å²) in [7, 11) is -3.13. The van der Waals surface area contributed by atoms with Crippen LogP contribution in [0, 0.1) is 0 Å². The van der Waals surface area contributed by atoms with Crippen LogP contribution < -0.4 is 5.32 Å². The number of pyridine rings is 1. The van der Waals surface area contributed by atoms with Gasteiger partial charge in [-0.15, -0.1) is 0 Å². The highest BCUT2D eigenvalue weighted by atomic mass is 32.2. The summed E-state index contributed by atoms with van der Waals surface area (Å²) < 4.78 is 22.4. The Morgan fingerprint density at radius 1 is 1.56 bits per heavy atom. The Morgan fingerprint density at radius 2 is 2.22 bits per heavy atom. The van der Waals surface area contributed by atoms with Gasteiger partial charge in [0.1, 0.15) is 11.4 Å². The molecule has 2 N–H and O–H groups in total. The molecule has 1 heterocycles. The van der Waals surface area contributed by atoms with Crippen LogP contribution in [0.2, 0.25) is 0 Å². The fourth-order valence-electron chi connectivity index (χ4n) is 1.78. The molecule has 0 radical (unpaired) electrons. The number of carboxylic acid groups (broad SMARTS) is 1. The Labute approximate surface area is 105 Å². The zero-order valence-electron chi connectivity index (χ0n) is 9.88. The summed E-state index contributed by atoms with van der Waals surface area (Å²) in [5, 5.41) is 11.8. The molecule has 18 heavy (non-hydrogen) atoms. The molecule has 1 aromatic heterocycles. The van der Waals surface area contributed by atoms with Crippen molar-refractivity contribution in [1.29, 1.82) is 0 Å². The molecule has 98 valence electrons. The van der Waals surface area contributed by atoms with Crippen molar-refractivity contribution in [1.82, 2.24) is 4.98 Å². The molecule has 1 aliphatic carbocycles. The maximum absolute atomic E-state index is 11.6. The number of carbonyl (C=O) groups is 1. The standard InChI is InChI=1S/C11H14N2O4S/c1-18(16,17)11(4-5-11)7-13-9-8(10(14)15)3-2-6-12-9/h2-3,6H,4-5,7H2,1H3,(H,12,13)(H,14,15). The van der Waals surface area contributed by atoms with E-state index in [-0.39, 0.29) is 17.9 Å². The molecule has 1 fully saturated rings. The lowest BCUT2D eigenvalue weighted by atomic mass is 10.2. The summed E-state index contributed by atoms with van der Waals surface area (Å²) in [4.78, 5) is 14.9. The first-order valence-electron chi connectivity index (χ1n) is 5.47. The van der Waals surface area contributed by atoms with Gasteiger partial charge in [-0.25, -0.2) is 18.2 Å². The van der Waals surface area contributed by atoms with Crippen molar-refractivity contribution in [3.8, 4) is 0 Å². The largest absolute Gasteiger partial charge is 0.478 e. The molecule has 7 heteroatoms. The van der Waals surface area contributed by atoms with Gasteiger partial charge in [-0.1, -0.05) is 0 Å². The van der Waals surface area contributed by atoms with Gasteiger partial charge in [-0.2, -0.15) is 0 Å². The van der Waals surface area contributed by atoms with E-state index < -0.39 is 20.6 Å². The number of sulfone groups is 1. The van der Waals surface area contributed by atoms with Crippen molar-refractivity contribution >= 4 is 21.6 Å². The second-order valence-corrected chi connectivity index (χ2v) is 6.92. The highest BCUT2D eigenvalue weighted by molar-refractivity contribution is 7.92. The molecule has 2 rings (SSSR count). The third kappa shape index (κ3) is 2.31. The molecule has 0 atom stereocenters. The van der Waals surface area contributed by atoms with E-state index in [1.54, 1.807) is 0 Å². The van der Waals surface area contributed by atoms with Gasteiger partial charge in [0.15, 0.2) is 9.84 Å². The highest BCUT2D eigenvalue weighted by Crippen LogP contribution is 2.43. The minimum Gasteiger partial charge on any atom is -0.478 e. The maximum Gasteiger partial charge on any atom is 0.339 e. The van der Waals surface area contributed by atoms with Gasteiger partial charge in [-0.3, -0.25) is 0 Å². The molecule has 0 aromatic carbocycles. The number of carboxylic acids is 1. The zero-order chi connectivity index (χ0) is 13.4. The Hall–Kier alpha value is -1.63. The van der Waals surface area contributed by atoms with Crippen LogP contribution in [0.15, 0.2) is 18.3 Å². The highest BCUT2D eigenvalue weighted by Gasteiger charge is 2.51. The van der Waals surface area contributed by atoms with E-state index in [0.29, 0.717) is 12.8 Å². The minimum absolute atomic E-state index is 0.0433. The first kappa shape index (κ1) is 12.8. The predicted molar refractivity (Wildman–Crippen MR) is 66.5 cm³/mol. The lowest BCUT2D eigenvalue weighted by Gasteiger charge is -2.15. The molecule has 0 amide bonds. The lowest BCUT2D eigenvalue weighted by Crippen LogP contribution is -2.31. The van der Waals surface area contributed by atoms with Crippen LogP contribution >= 0.6 is 0 Å². The van der Waals surface area contributed by atoms with E-state index in [0.717, 1.165) is 0 Å². The molecular weight excluding hydrogens is 256 g/mol. The van der Waals surface area contributed by atoms with Gasteiger partial charge >= 0.3 is 5.97 Å². The van der Waals surface area contributed by atoms with Crippen LogP contribution in [0.5, 0.6) is 0 Å². The van der Waals surface area contributed by atoms with Crippen molar-refractivity contribution in [3.05, 3.63) is 23.9 Å². The van der Waals surface area contributed by atoms with Crippen LogP contribution in [0.1, 0.15) is 23.2 Å². The van der Waals surface area contributed by atoms with E-state index in [1.807, 2.05) is 0 Å². The van der Waals surface area contributed by atoms with Crippen LogP contribution in [0.4, 0.5) is 5.82 Å². The monoisotopic (exact) mass is 270 g/mol. The number of rotatable bonds is 5. The average Bonchev–Trinajstić information content (AvgIpc) is 3.07. The third-order valence-corrected chi connectivity index (χ3v) is 5.34. The Kier molecular flexibility index (Phi) is 3.02. The SMILES string of the molecule is CS(=O)(=O)C1(CNc2ncccc2C(=O)O)CC1. The molecule has 0 unspecified atom stereocenters. The maximum atomic E-state index is 11.6. The first-order valence-corrected chi connectivity index (χ1v) is 7.37. The molecule has 1 saturated carbocycles. The Morgan fingerprint density at radius 3 is 2.72 bits per heavy atom. The molecule has 0 bridgehead atoms. The molecule has 1 aliphatic rings. The van der Waals surface area contributed by atoms with Crippen LogP contribution in [0.25, 0.3) is 0 Å². The van der Waals surface area contributed by atoms with Crippen molar-refractivity contribution < 1.29 is 18.3 Å². The van der Waals surface area contributed by atoms with E-state index in [2.05, 4.69) is 10.3 Å². The van der Waals surface area contributed by atoms with E-state index in [4.69, 9.17) is 5.11 Å². The van der Waals surface area contributed by atoms with Gasteiger partial charge in [0.25, 0.3) is 0 Å². The number of aromatic carboxylic acids is 1. The number of nitrogens with one attached hydrogen (secondary N) is 1. The molecule has 0 spiro atoms. The van der Waals surface area contributed by atoms with Crippen LogP contribution in [0.3, 0.4) is 0 Å². The van der Waals surface area contributed by atoms with E-state index in [9.17, 15) is 13.2 Å². The van der Waals surface area contributed by atoms with Crippen LogP contribution in [-0.2, 0) is 9.84 Å². The van der Waals surface area contributed by atoms with Crippen LogP contribution in [-0.4, -0.2) is 42.0 Å². The van der Waals surface area contributed by atoms with E-state index in [1.165, 1.54) is 24.6 Å². The number of aromatic nitrogens is 1. The van der Waals surface area contributed by atoms with Gasteiger partial charge in [-0.05, 0) is 25.0 Å². The topological polar surface area (TPSA) is 96.4 Å².